The van der Waals surface area contributed by atoms with Gasteiger partial charge >= 0.3 is 0 Å². The zero-order valence-corrected chi connectivity index (χ0v) is 7.64. The van der Waals surface area contributed by atoms with Gasteiger partial charge in [-0.3, -0.25) is 0 Å². The fourth-order valence-corrected chi connectivity index (χ4v) is 2.19. The van der Waals surface area contributed by atoms with E-state index in [0.717, 1.165) is 6.42 Å². The number of rotatable bonds is 0. The van der Waals surface area contributed by atoms with Crippen LogP contribution in [-0.2, 0) is 0 Å². The summed E-state index contributed by atoms with van der Waals surface area (Å²) in [5.74, 6) is 0.956. The van der Waals surface area contributed by atoms with Crippen molar-refractivity contribution in [2.24, 2.45) is 5.92 Å². The Balaban J connectivity index is 2.26. The van der Waals surface area contributed by atoms with Gasteiger partial charge in [0.2, 0.25) is 0 Å². The van der Waals surface area contributed by atoms with Gasteiger partial charge in [0.1, 0.15) is 0 Å². The Kier molecular flexibility index (Phi) is 1.95. The maximum atomic E-state index is 9.54. The number of hydrogen-bond donors (Lipinski definition) is 1. The first-order valence-corrected chi connectivity index (χ1v) is 4.89. The van der Waals surface area contributed by atoms with Crippen molar-refractivity contribution in [1.82, 2.24) is 0 Å². The van der Waals surface area contributed by atoms with Crippen LogP contribution in [0, 0.1) is 5.92 Å². The van der Waals surface area contributed by atoms with E-state index >= 15 is 0 Å². The molecule has 0 heterocycles. The van der Waals surface area contributed by atoms with Gasteiger partial charge in [-0.2, -0.15) is 0 Å². The highest BCUT2D eigenvalue weighted by Crippen LogP contribution is 2.36. The largest absolute Gasteiger partial charge is 0.512 e. The van der Waals surface area contributed by atoms with Crippen molar-refractivity contribution in [3.05, 3.63) is 23.0 Å². The van der Waals surface area contributed by atoms with Crippen LogP contribution in [-0.4, -0.2) is 5.11 Å². The van der Waals surface area contributed by atoms with Crippen LogP contribution in [0.3, 0.4) is 0 Å². The lowest BCUT2D eigenvalue weighted by atomic mass is 9.81. The Hall–Kier alpha value is -0.720. The fourth-order valence-electron chi connectivity index (χ4n) is 2.19. The zero-order chi connectivity index (χ0) is 8.55. The van der Waals surface area contributed by atoms with Gasteiger partial charge in [0.05, 0.1) is 5.76 Å². The molecule has 2 aliphatic carbocycles. The maximum Gasteiger partial charge on any atom is 0.0956 e. The number of hydrogen-bond acceptors (Lipinski definition) is 1. The molecule has 0 aromatic heterocycles. The number of aliphatic hydroxyl groups is 1. The predicted octanol–water partition coefficient (Wildman–Crippen LogP) is 3.34. The summed E-state index contributed by atoms with van der Waals surface area (Å²) in [5, 5.41) is 9.54. The summed E-state index contributed by atoms with van der Waals surface area (Å²) in [5.41, 5.74) is 3.03. The van der Waals surface area contributed by atoms with Crippen molar-refractivity contribution in [3.8, 4) is 0 Å². The van der Waals surface area contributed by atoms with Crippen LogP contribution in [0.15, 0.2) is 23.0 Å². The molecular formula is C11H16O. The van der Waals surface area contributed by atoms with Crippen molar-refractivity contribution in [1.29, 1.82) is 0 Å². The highest BCUT2D eigenvalue weighted by atomic mass is 16.3. The molecule has 0 aromatic rings. The van der Waals surface area contributed by atoms with E-state index < -0.39 is 0 Å². The summed E-state index contributed by atoms with van der Waals surface area (Å²) in [4.78, 5) is 0. The minimum Gasteiger partial charge on any atom is -0.512 e. The molecule has 1 unspecified atom stereocenters. The van der Waals surface area contributed by atoms with Gasteiger partial charge in [-0.25, -0.2) is 0 Å². The number of allylic oxidation sites excluding steroid dienone is 4. The molecule has 1 heteroatoms. The third-order valence-corrected chi connectivity index (χ3v) is 3.01. The molecule has 12 heavy (non-hydrogen) atoms. The smallest absolute Gasteiger partial charge is 0.0956 e. The molecule has 0 fully saturated rings. The van der Waals surface area contributed by atoms with E-state index in [-0.39, 0.29) is 0 Å². The topological polar surface area (TPSA) is 20.2 Å². The van der Waals surface area contributed by atoms with E-state index in [2.05, 4.69) is 6.92 Å². The SMILES string of the molecule is CC1CC2=C(C=C1O)CCCC2. The molecule has 0 bridgehead atoms. The Labute approximate surface area is 73.8 Å². The molecule has 2 rings (SSSR count). The summed E-state index contributed by atoms with van der Waals surface area (Å²) in [7, 11) is 0. The molecule has 0 amide bonds. The highest BCUT2D eigenvalue weighted by molar-refractivity contribution is 5.33. The van der Waals surface area contributed by atoms with Gasteiger partial charge in [-0.05, 0) is 43.8 Å². The van der Waals surface area contributed by atoms with Crippen LogP contribution in [0.1, 0.15) is 39.0 Å². The molecule has 0 spiro atoms. The van der Waals surface area contributed by atoms with E-state index in [0.29, 0.717) is 11.7 Å². The predicted molar refractivity (Wildman–Crippen MR) is 50.0 cm³/mol. The van der Waals surface area contributed by atoms with E-state index in [1.54, 1.807) is 5.57 Å². The molecule has 2 aliphatic rings. The first kappa shape index (κ1) is 7.90. The second-order valence-electron chi connectivity index (χ2n) is 4.01. The van der Waals surface area contributed by atoms with Gasteiger partial charge in [0, 0.05) is 5.92 Å². The van der Waals surface area contributed by atoms with Gasteiger partial charge in [-0.15, -0.1) is 0 Å². The molecule has 0 saturated carbocycles. The second kappa shape index (κ2) is 2.96. The van der Waals surface area contributed by atoms with Gasteiger partial charge in [0.15, 0.2) is 0 Å². The average Bonchev–Trinajstić information content (AvgIpc) is 2.07. The first-order valence-electron chi connectivity index (χ1n) is 4.89. The van der Waals surface area contributed by atoms with Crippen LogP contribution < -0.4 is 0 Å². The second-order valence-corrected chi connectivity index (χ2v) is 4.01. The average molecular weight is 164 g/mol. The molecule has 0 radical (unpaired) electrons. The highest BCUT2D eigenvalue weighted by Gasteiger charge is 2.20. The first-order chi connectivity index (χ1) is 5.77. The normalized spacial score (nSPS) is 29.8. The van der Waals surface area contributed by atoms with Crippen LogP contribution in [0.4, 0.5) is 0 Å². The third kappa shape index (κ3) is 1.28. The van der Waals surface area contributed by atoms with Gasteiger partial charge in [-0.1, -0.05) is 12.5 Å². The van der Waals surface area contributed by atoms with Crippen molar-refractivity contribution >= 4 is 0 Å². The quantitative estimate of drug-likeness (QED) is 0.582. The van der Waals surface area contributed by atoms with Gasteiger partial charge < -0.3 is 5.11 Å². The van der Waals surface area contributed by atoms with Crippen LogP contribution in [0.5, 0.6) is 0 Å². The molecule has 0 saturated heterocycles. The molecular weight excluding hydrogens is 148 g/mol. The molecule has 66 valence electrons. The Bertz CT molecular complexity index is 248. The number of aliphatic hydroxyl groups excluding tert-OH is 1. The molecule has 1 nitrogen and oxygen atoms in total. The zero-order valence-electron chi connectivity index (χ0n) is 7.64. The van der Waals surface area contributed by atoms with Crippen LogP contribution in [0.2, 0.25) is 0 Å². The minimum absolute atomic E-state index is 0.363. The summed E-state index contributed by atoms with van der Waals surface area (Å²) in [6.45, 7) is 2.10. The molecule has 1 N–H and O–H groups in total. The van der Waals surface area contributed by atoms with E-state index in [4.69, 9.17) is 0 Å². The lowest BCUT2D eigenvalue weighted by molar-refractivity contribution is 0.330. The van der Waals surface area contributed by atoms with E-state index in [1.165, 1.54) is 31.3 Å². The van der Waals surface area contributed by atoms with Crippen LogP contribution >= 0.6 is 0 Å². The molecule has 0 aromatic carbocycles. The maximum absolute atomic E-state index is 9.54. The fraction of sp³-hybridized carbons (Fsp3) is 0.636. The summed E-state index contributed by atoms with van der Waals surface area (Å²) >= 11 is 0. The van der Waals surface area contributed by atoms with Gasteiger partial charge in [0.25, 0.3) is 0 Å². The Morgan fingerprint density at radius 1 is 1.33 bits per heavy atom. The molecule has 1 atom stereocenters. The minimum atomic E-state index is 0.363. The van der Waals surface area contributed by atoms with Crippen molar-refractivity contribution in [2.45, 2.75) is 39.0 Å². The summed E-state index contributed by atoms with van der Waals surface area (Å²) < 4.78 is 0. The van der Waals surface area contributed by atoms with E-state index in [1.807, 2.05) is 6.08 Å². The summed E-state index contributed by atoms with van der Waals surface area (Å²) in [6, 6.07) is 0. The Morgan fingerprint density at radius 2 is 2.08 bits per heavy atom. The lowest BCUT2D eigenvalue weighted by Crippen LogP contribution is -2.11. The monoisotopic (exact) mass is 164 g/mol. The van der Waals surface area contributed by atoms with Crippen molar-refractivity contribution < 1.29 is 5.11 Å². The standard InChI is InChI=1S/C11H16O/c1-8-6-9-4-2-3-5-10(9)7-11(8)12/h7-8,12H,2-6H2,1H3. The Morgan fingerprint density at radius 3 is 2.92 bits per heavy atom. The van der Waals surface area contributed by atoms with Crippen molar-refractivity contribution in [3.63, 3.8) is 0 Å². The lowest BCUT2D eigenvalue weighted by Gasteiger charge is -2.25. The van der Waals surface area contributed by atoms with Crippen molar-refractivity contribution in [2.75, 3.05) is 0 Å². The molecule has 0 aliphatic heterocycles. The van der Waals surface area contributed by atoms with Crippen LogP contribution in [0.25, 0.3) is 0 Å². The van der Waals surface area contributed by atoms with E-state index in [9.17, 15) is 5.11 Å². The third-order valence-electron chi connectivity index (χ3n) is 3.01. The summed E-state index contributed by atoms with van der Waals surface area (Å²) in [6.07, 6.45) is 8.20.